The average Bonchev–Trinajstić information content (AvgIpc) is 2.82. The molecule has 1 unspecified atom stereocenters. The first kappa shape index (κ1) is 14.1. The lowest BCUT2D eigenvalue weighted by molar-refractivity contribution is -0.0317. The van der Waals surface area contributed by atoms with Crippen molar-refractivity contribution in [3.8, 4) is 0 Å². The van der Waals surface area contributed by atoms with Gasteiger partial charge >= 0.3 is 0 Å². The second-order valence-corrected chi connectivity index (χ2v) is 6.37. The van der Waals surface area contributed by atoms with Crippen molar-refractivity contribution in [2.24, 2.45) is 4.99 Å². The number of nitrogens with zero attached hydrogens (tertiary/aromatic N) is 2. The summed E-state index contributed by atoms with van der Waals surface area (Å²) in [7, 11) is 0. The van der Waals surface area contributed by atoms with Gasteiger partial charge in [-0.2, -0.15) is 0 Å². The number of benzene rings is 2. The van der Waals surface area contributed by atoms with Gasteiger partial charge < -0.3 is 10.0 Å². The number of halogens is 2. The molecule has 0 fully saturated rings. The predicted octanol–water partition coefficient (Wildman–Crippen LogP) is 3.65. The smallest absolute Gasteiger partial charge is 0.193 e. The predicted molar refractivity (Wildman–Crippen MR) is 88.6 cm³/mol. The molecule has 4 rings (SSSR count). The molecule has 0 spiro atoms. The molecule has 1 N–H and O–H groups in total. The van der Waals surface area contributed by atoms with Gasteiger partial charge in [-0.05, 0) is 18.6 Å². The van der Waals surface area contributed by atoms with Crippen LogP contribution < -0.4 is 0 Å². The first-order valence-electron chi connectivity index (χ1n) is 7.22. The Kier molecular flexibility index (Phi) is 3.19. The minimum absolute atomic E-state index is 0.437. The number of hydrogen-bond acceptors (Lipinski definition) is 3. The summed E-state index contributed by atoms with van der Waals surface area (Å²) in [6.07, 6.45) is 0.918. The van der Waals surface area contributed by atoms with E-state index in [4.69, 9.17) is 23.2 Å². The highest BCUT2D eigenvalue weighted by Crippen LogP contribution is 2.44. The number of fused-ring (bicyclic) bond motifs is 3. The largest absolute Gasteiger partial charge is 0.363 e. The van der Waals surface area contributed by atoms with Crippen molar-refractivity contribution in [3.05, 3.63) is 69.2 Å². The highest BCUT2D eigenvalue weighted by molar-refractivity contribution is 6.42. The molecule has 0 bridgehead atoms. The van der Waals surface area contributed by atoms with Gasteiger partial charge in [-0.15, -0.1) is 0 Å². The van der Waals surface area contributed by atoms with Gasteiger partial charge in [-0.25, -0.2) is 0 Å². The quantitative estimate of drug-likeness (QED) is 0.865. The first-order valence-corrected chi connectivity index (χ1v) is 7.98. The van der Waals surface area contributed by atoms with Crippen molar-refractivity contribution < 1.29 is 5.11 Å². The molecule has 2 aromatic rings. The van der Waals surface area contributed by atoms with E-state index in [1.165, 1.54) is 0 Å². The highest BCUT2D eigenvalue weighted by Gasteiger charge is 2.48. The Morgan fingerprint density at radius 3 is 2.73 bits per heavy atom. The minimum Gasteiger partial charge on any atom is -0.363 e. The topological polar surface area (TPSA) is 35.8 Å². The molecule has 2 aromatic carbocycles. The molecule has 0 amide bonds. The molecule has 0 aromatic heterocycles. The van der Waals surface area contributed by atoms with Gasteiger partial charge in [0.2, 0.25) is 0 Å². The van der Waals surface area contributed by atoms with E-state index in [0.29, 0.717) is 15.6 Å². The second kappa shape index (κ2) is 4.98. The zero-order valence-electron chi connectivity index (χ0n) is 11.8. The standard InChI is InChI=1S/C17H14Cl2N2O/c18-14-7-6-11(10-15(14)19)17(22)13-5-2-1-4-12(13)16-20-8-3-9-21(16)17/h1-2,4-7,10,22H,3,8-9H2. The zero-order valence-corrected chi connectivity index (χ0v) is 13.3. The maximum Gasteiger partial charge on any atom is 0.193 e. The van der Waals surface area contributed by atoms with E-state index < -0.39 is 5.72 Å². The normalized spacial score (nSPS) is 23.0. The van der Waals surface area contributed by atoms with Gasteiger partial charge in [0.1, 0.15) is 5.84 Å². The van der Waals surface area contributed by atoms with Crippen LogP contribution in [-0.2, 0) is 5.72 Å². The van der Waals surface area contributed by atoms with Gasteiger partial charge in [0.05, 0.1) is 10.0 Å². The maximum atomic E-state index is 11.6. The molecule has 1 atom stereocenters. The van der Waals surface area contributed by atoms with Crippen LogP contribution in [0.1, 0.15) is 23.1 Å². The summed E-state index contributed by atoms with van der Waals surface area (Å²) in [6, 6.07) is 13.1. The fourth-order valence-corrected chi connectivity index (χ4v) is 3.60. The summed E-state index contributed by atoms with van der Waals surface area (Å²) < 4.78 is 0. The average molecular weight is 333 g/mol. The van der Waals surface area contributed by atoms with Crippen molar-refractivity contribution in [2.45, 2.75) is 12.1 Å². The van der Waals surface area contributed by atoms with E-state index in [0.717, 1.165) is 36.5 Å². The lowest BCUT2D eigenvalue weighted by Gasteiger charge is -2.37. The van der Waals surface area contributed by atoms with Crippen LogP contribution in [0.4, 0.5) is 0 Å². The van der Waals surface area contributed by atoms with Crippen LogP contribution in [0.15, 0.2) is 47.5 Å². The van der Waals surface area contributed by atoms with Crippen molar-refractivity contribution in [1.29, 1.82) is 0 Å². The van der Waals surface area contributed by atoms with E-state index in [1.807, 2.05) is 35.2 Å². The lowest BCUT2D eigenvalue weighted by Crippen LogP contribution is -2.47. The molecule has 0 saturated heterocycles. The van der Waals surface area contributed by atoms with Gasteiger partial charge in [-0.1, -0.05) is 53.5 Å². The number of aliphatic hydroxyl groups is 1. The summed E-state index contributed by atoms with van der Waals surface area (Å²) in [6.45, 7) is 1.54. The van der Waals surface area contributed by atoms with Crippen molar-refractivity contribution in [3.63, 3.8) is 0 Å². The summed E-state index contributed by atoms with van der Waals surface area (Å²) in [5.41, 5.74) is 1.29. The summed E-state index contributed by atoms with van der Waals surface area (Å²) in [4.78, 5) is 6.58. The first-order chi connectivity index (χ1) is 10.6. The second-order valence-electron chi connectivity index (χ2n) is 5.56. The van der Waals surface area contributed by atoms with Crippen LogP contribution in [0.25, 0.3) is 0 Å². The Morgan fingerprint density at radius 2 is 1.91 bits per heavy atom. The lowest BCUT2D eigenvalue weighted by atomic mass is 9.94. The van der Waals surface area contributed by atoms with Crippen LogP contribution in [0.2, 0.25) is 10.0 Å². The molecule has 22 heavy (non-hydrogen) atoms. The van der Waals surface area contributed by atoms with Crippen molar-refractivity contribution in [1.82, 2.24) is 4.90 Å². The SMILES string of the molecule is OC1(c2ccc(Cl)c(Cl)c2)c2ccccc2C2=NCCCN21. The number of hydrogen-bond donors (Lipinski definition) is 1. The molecule has 2 aliphatic heterocycles. The summed E-state index contributed by atoms with van der Waals surface area (Å²) >= 11 is 12.2. The van der Waals surface area contributed by atoms with Crippen LogP contribution >= 0.6 is 23.2 Å². The molecule has 5 heteroatoms. The fourth-order valence-electron chi connectivity index (χ4n) is 3.30. The van der Waals surface area contributed by atoms with Crippen LogP contribution in [-0.4, -0.2) is 28.9 Å². The van der Waals surface area contributed by atoms with Gasteiger partial charge in [0, 0.05) is 29.8 Å². The Morgan fingerprint density at radius 1 is 1.09 bits per heavy atom. The Bertz CT molecular complexity index is 790. The number of aliphatic imine (C=N–C) groups is 1. The third-order valence-corrected chi connectivity index (χ3v) is 5.05. The molecule has 0 aliphatic carbocycles. The van der Waals surface area contributed by atoms with Gasteiger partial charge in [0.25, 0.3) is 0 Å². The van der Waals surface area contributed by atoms with Gasteiger partial charge in [0.15, 0.2) is 5.72 Å². The van der Waals surface area contributed by atoms with Crippen molar-refractivity contribution >= 4 is 29.0 Å². The summed E-state index contributed by atoms with van der Waals surface area (Å²) in [5, 5.41) is 12.5. The summed E-state index contributed by atoms with van der Waals surface area (Å²) in [5.74, 6) is 0.857. The molecular weight excluding hydrogens is 319 g/mol. The zero-order chi connectivity index (χ0) is 15.3. The minimum atomic E-state index is -1.25. The molecular formula is C17H14Cl2N2O. The molecule has 0 saturated carbocycles. The molecule has 112 valence electrons. The highest BCUT2D eigenvalue weighted by atomic mass is 35.5. The van der Waals surface area contributed by atoms with Crippen molar-refractivity contribution in [2.75, 3.05) is 13.1 Å². The third kappa shape index (κ3) is 1.83. The van der Waals surface area contributed by atoms with E-state index >= 15 is 0 Å². The van der Waals surface area contributed by atoms with Crippen LogP contribution in [0, 0.1) is 0 Å². The maximum absolute atomic E-state index is 11.6. The number of amidine groups is 1. The monoisotopic (exact) mass is 332 g/mol. The van der Waals surface area contributed by atoms with Gasteiger partial charge in [-0.3, -0.25) is 4.99 Å². The van der Waals surface area contributed by atoms with E-state index in [2.05, 4.69) is 4.99 Å². The molecule has 2 heterocycles. The number of rotatable bonds is 1. The van der Waals surface area contributed by atoms with Crippen LogP contribution in [0.3, 0.4) is 0 Å². The Balaban J connectivity index is 1.97. The Hall–Kier alpha value is -1.55. The molecule has 2 aliphatic rings. The van der Waals surface area contributed by atoms with E-state index in [-0.39, 0.29) is 0 Å². The van der Waals surface area contributed by atoms with Crippen LogP contribution in [0.5, 0.6) is 0 Å². The molecule has 3 nitrogen and oxygen atoms in total. The fraction of sp³-hybridized carbons (Fsp3) is 0.235. The van der Waals surface area contributed by atoms with E-state index in [9.17, 15) is 5.11 Å². The van der Waals surface area contributed by atoms with E-state index in [1.54, 1.807) is 12.1 Å². The Labute approximate surface area is 138 Å². The molecule has 0 radical (unpaired) electrons. The third-order valence-electron chi connectivity index (χ3n) is 4.31.